The molecule has 0 aliphatic heterocycles. The molecule has 0 amide bonds. The molecule has 2 heteroatoms. The SMILES string of the molecule is CCCCCCCCCCC(C#N)(C#N)CCCCCCCCCC. The lowest BCUT2D eigenvalue weighted by atomic mass is 9.80. The number of nitriles is 2. The van der Waals surface area contributed by atoms with Crippen molar-refractivity contribution in [3.05, 3.63) is 0 Å². The third-order valence-corrected chi connectivity index (χ3v) is 5.34. The Balaban J connectivity index is 3.75. The maximum atomic E-state index is 9.50. The minimum absolute atomic E-state index is 0.718. The van der Waals surface area contributed by atoms with Crippen LogP contribution in [0.5, 0.6) is 0 Å². The van der Waals surface area contributed by atoms with Crippen molar-refractivity contribution >= 4 is 0 Å². The first-order chi connectivity index (χ1) is 12.2. The minimum Gasteiger partial charge on any atom is -0.197 e. The third kappa shape index (κ3) is 13.9. The Hall–Kier alpha value is -1.02. The molecule has 0 bridgehead atoms. The average Bonchev–Trinajstić information content (AvgIpc) is 2.64. The van der Waals surface area contributed by atoms with Crippen LogP contribution < -0.4 is 0 Å². The predicted octanol–water partition coefficient (Wildman–Crippen LogP) is 8.08. The fraction of sp³-hybridized carbons (Fsp3) is 0.913. The van der Waals surface area contributed by atoms with Crippen LogP contribution in [-0.2, 0) is 0 Å². The Morgan fingerprint density at radius 3 is 1.04 bits per heavy atom. The zero-order valence-corrected chi connectivity index (χ0v) is 17.1. The second kappa shape index (κ2) is 17.8. The summed E-state index contributed by atoms with van der Waals surface area (Å²) in [5.74, 6) is 0. The minimum atomic E-state index is -0.718. The smallest absolute Gasteiger partial charge is 0.143 e. The van der Waals surface area contributed by atoms with Gasteiger partial charge in [0.05, 0.1) is 12.1 Å². The number of hydrogen-bond acceptors (Lipinski definition) is 2. The normalized spacial score (nSPS) is 11.2. The van der Waals surface area contributed by atoms with Crippen LogP contribution in [0.4, 0.5) is 0 Å². The molecule has 0 aromatic heterocycles. The van der Waals surface area contributed by atoms with Crippen molar-refractivity contribution in [2.45, 2.75) is 129 Å². The van der Waals surface area contributed by atoms with Gasteiger partial charge >= 0.3 is 0 Å². The van der Waals surface area contributed by atoms with Gasteiger partial charge in [0.1, 0.15) is 5.41 Å². The maximum Gasteiger partial charge on any atom is 0.143 e. The van der Waals surface area contributed by atoms with E-state index in [0.29, 0.717) is 0 Å². The van der Waals surface area contributed by atoms with E-state index < -0.39 is 5.41 Å². The van der Waals surface area contributed by atoms with Crippen molar-refractivity contribution in [2.75, 3.05) is 0 Å². The summed E-state index contributed by atoms with van der Waals surface area (Å²) in [4.78, 5) is 0. The fourth-order valence-electron chi connectivity index (χ4n) is 3.49. The van der Waals surface area contributed by atoms with Crippen LogP contribution in [0.3, 0.4) is 0 Å². The van der Waals surface area contributed by atoms with Crippen molar-refractivity contribution in [3.63, 3.8) is 0 Å². The van der Waals surface area contributed by atoms with Gasteiger partial charge in [0.25, 0.3) is 0 Å². The van der Waals surface area contributed by atoms with Gasteiger partial charge in [-0.3, -0.25) is 0 Å². The summed E-state index contributed by atoms with van der Waals surface area (Å²) in [6.45, 7) is 4.49. The van der Waals surface area contributed by atoms with E-state index in [2.05, 4.69) is 26.0 Å². The van der Waals surface area contributed by atoms with Gasteiger partial charge in [-0.2, -0.15) is 10.5 Å². The van der Waals surface area contributed by atoms with Crippen LogP contribution in [-0.4, -0.2) is 0 Å². The predicted molar refractivity (Wildman–Crippen MR) is 108 cm³/mol. The van der Waals surface area contributed by atoms with E-state index in [9.17, 15) is 10.5 Å². The number of rotatable bonds is 18. The van der Waals surface area contributed by atoms with Gasteiger partial charge in [-0.05, 0) is 12.8 Å². The van der Waals surface area contributed by atoms with Crippen molar-refractivity contribution in [2.24, 2.45) is 5.41 Å². The molecule has 0 aliphatic rings. The highest BCUT2D eigenvalue weighted by atomic mass is 14.4. The third-order valence-electron chi connectivity index (χ3n) is 5.34. The first kappa shape index (κ1) is 24.0. The number of hydrogen-bond donors (Lipinski definition) is 0. The van der Waals surface area contributed by atoms with Crippen LogP contribution in [0.25, 0.3) is 0 Å². The molecule has 0 rings (SSSR count). The molecule has 0 heterocycles. The summed E-state index contributed by atoms with van der Waals surface area (Å²) in [5, 5.41) is 19.0. The molecular formula is C23H42N2. The van der Waals surface area contributed by atoms with Crippen molar-refractivity contribution in [1.82, 2.24) is 0 Å². The van der Waals surface area contributed by atoms with E-state index in [0.717, 1.165) is 25.7 Å². The van der Waals surface area contributed by atoms with Gasteiger partial charge in [0.15, 0.2) is 0 Å². The zero-order chi connectivity index (χ0) is 18.6. The largest absolute Gasteiger partial charge is 0.197 e. The van der Waals surface area contributed by atoms with Crippen LogP contribution in [0.1, 0.15) is 129 Å². The van der Waals surface area contributed by atoms with Gasteiger partial charge in [0.2, 0.25) is 0 Å². The monoisotopic (exact) mass is 346 g/mol. The molecule has 0 N–H and O–H groups in total. The van der Waals surface area contributed by atoms with Gasteiger partial charge < -0.3 is 0 Å². The van der Waals surface area contributed by atoms with Crippen LogP contribution in [0, 0.1) is 28.1 Å². The molecule has 0 saturated carbocycles. The van der Waals surface area contributed by atoms with Crippen molar-refractivity contribution in [3.8, 4) is 12.1 Å². The molecule has 0 saturated heterocycles. The Morgan fingerprint density at radius 2 is 0.760 bits per heavy atom. The quantitative estimate of drug-likeness (QED) is 0.235. The molecule has 0 spiro atoms. The highest BCUT2D eigenvalue weighted by Gasteiger charge is 2.28. The molecule has 0 unspecified atom stereocenters. The summed E-state index contributed by atoms with van der Waals surface area (Å²) in [6, 6.07) is 4.68. The van der Waals surface area contributed by atoms with Gasteiger partial charge in [0, 0.05) is 0 Å². The summed E-state index contributed by atoms with van der Waals surface area (Å²) in [6.07, 6.45) is 21.8. The van der Waals surface area contributed by atoms with Crippen LogP contribution in [0.15, 0.2) is 0 Å². The molecule has 2 nitrogen and oxygen atoms in total. The molecule has 0 aromatic carbocycles. The molecule has 0 fully saturated rings. The van der Waals surface area contributed by atoms with E-state index in [1.54, 1.807) is 0 Å². The highest BCUT2D eigenvalue weighted by Crippen LogP contribution is 2.30. The standard InChI is InChI=1S/C23H42N2/c1-3-5-7-9-11-13-15-17-19-23(21-24,22-25)20-18-16-14-12-10-8-6-4-2/h3-20H2,1-2H3. The summed E-state index contributed by atoms with van der Waals surface area (Å²) < 4.78 is 0. The Kier molecular flexibility index (Phi) is 17.1. The second-order valence-corrected chi connectivity index (χ2v) is 7.76. The Bertz CT molecular complexity index is 325. The van der Waals surface area contributed by atoms with E-state index in [-0.39, 0.29) is 0 Å². The molecule has 0 radical (unpaired) electrons. The Labute approximate surface area is 158 Å². The molecule has 144 valence electrons. The van der Waals surface area contributed by atoms with Gasteiger partial charge in [-0.1, -0.05) is 117 Å². The lowest BCUT2D eigenvalue weighted by molar-refractivity contribution is 0.390. The zero-order valence-electron chi connectivity index (χ0n) is 17.1. The van der Waals surface area contributed by atoms with Crippen molar-refractivity contribution < 1.29 is 0 Å². The first-order valence-corrected chi connectivity index (χ1v) is 11.1. The van der Waals surface area contributed by atoms with Crippen molar-refractivity contribution in [1.29, 1.82) is 10.5 Å². The molecular weight excluding hydrogens is 304 g/mol. The van der Waals surface area contributed by atoms with Gasteiger partial charge in [-0.25, -0.2) is 0 Å². The highest BCUT2D eigenvalue weighted by molar-refractivity contribution is 5.13. The number of unbranched alkanes of at least 4 members (excludes halogenated alkanes) is 14. The average molecular weight is 347 g/mol. The Morgan fingerprint density at radius 1 is 0.480 bits per heavy atom. The molecule has 0 aromatic rings. The van der Waals surface area contributed by atoms with E-state index in [1.165, 1.54) is 89.9 Å². The summed E-state index contributed by atoms with van der Waals surface area (Å²) >= 11 is 0. The topological polar surface area (TPSA) is 47.6 Å². The molecule has 25 heavy (non-hydrogen) atoms. The van der Waals surface area contributed by atoms with E-state index in [4.69, 9.17) is 0 Å². The lowest BCUT2D eigenvalue weighted by Crippen LogP contribution is -2.16. The fourth-order valence-corrected chi connectivity index (χ4v) is 3.49. The van der Waals surface area contributed by atoms with Crippen LogP contribution >= 0.6 is 0 Å². The van der Waals surface area contributed by atoms with Crippen LogP contribution in [0.2, 0.25) is 0 Å². The summed E-state index contributed by atoms with van der Waals surface area (Å²) in [5.41, 5.74) is -0.718. The van der Waals surface area contributed by atoms with E-state index in [1.807, 2.05) is 0 Å². The second-order valence-electron chi connectivity index (χ2n) is 7.76. The number of nitrogens with zero attached hydrogens (tertiary/aromatic N) is 2. The van der Waals surface area contributed by atoms with Gasteiger partial charge in [-0.15, -0.1) is 0 Å². The lowest BCUT2D eigenvalue weighted by Gasteiger charge is -2.18. The first-order valence-electron chi connectivity index (χ1n) is 11.1. The van der Waals surface area contributed by atoms with E-state index >= 15 is 0 Å². The summed E-state index contributed by atoms with van der Waals surface area (Å²) in [7, 11) is 0. The molecule has 0 atom stereocenters. The molecule has 0 aliphatic carbocycles. The maximum absolute atomic E-state index is 9.50.